The van der Waals surface area contributed by atoms with Crippen molar-refractivity contribution in [3.63, 3.8) is 0 Å². The minimum absolute atomic E-state index is 0.0800. The Hall–Kier alpha value is -1.79. The molecule has 3 heteroatoms. The molecule has 1 aliphatic heterocycles. The van der Waals surface area contributed by atoms with Crippen molar-refractivity contribution < 1.29 is 9.53 Å². The summed E-state index contributed by atoms with van der Waals surface area (Å²) in [7, 11) is 0. The fourth-order valence-corrected chi connectivity index (χ4v) is 2.92. The Labute approximate surface area is 120 Å². The van der Waals surface area contributed by atoms with Gasteiger partial charge in [0, 0.05) is 19.4 Å². The zero-order valence-corrected chi connectivity index (χ0v) is 12.1. The molecule has 0 aromatic heterocycles. The molecule has 106 valence electrons. The number of terminal acetylenes is 1. The maximum atomic E-state index is 11.9. The lowest BCUT2D eigenvalue weighted by atomic mass is 9.87. The third kappa shape index (κ3) is 2.57. The zero-order valence-electron chi connectivity index (χ0n) is 12.1. The van der Waals surface area contributed by atoms with Gasteiger partial charge in [-0.15, -0.1) is 6.42 Å². The van der Waals surface area contributed by atoms with Crippen molar-refractivity contribution in [2.45, 2.75) is 38.3 Å². The largest absolute Gasteiger partial charge is 0.452 e. The Morgan fingerprint density at radius 3 is 2.80 bits per heavy atom. The number of hydrogen-bond acceptors (Lipinski definition) is 3. The van der Waals surface area contributed by atoms with Crippen molar-refractivity contribution in [2.24, 2.45) is 0 Å². The van der Waals surface area contributed by atoms with Gasteiger partial charge < -0.3 is 4.74 Å². The van der Waals surface area contributed by atoms with Gasteiger partial charge in [-0.1, -0.05) is 43.2 Å². The molecule has 20 heavy (non-hydrogen) atoms. The van der Waals surface area contributed by atoms with Crippen molar-refractivity contribution in [1.82, 2.24) is 4.90 Å². The number of benzene rings is 1. The topological polar surface area (TPSA) is 29.5 Å². The molecule has 1 fully saturated rings. The number of hydrogen-bond donors (Lipinski definition) is 0. The predicted molar refractivity (Wildman–Crippen MR) is 79.0 cm³/mol. The SMILES string of the molecule is C#CCN1CC[C@@](OC(=O)CC)(c2ccccc2)[C@H]1C. The Morgan fingerprint density at radius 2 is 2.20 bits per heavy atom. The summed E-state index contributed by atoms with van der Waals surface area (Å²) in [6.07, 6.45) is 6.59. The molecule has 3 nitrogen and oxygen atoms in total. The van der Waals surface area contributed by atoms with Crippen LogP contribution in [0.3, 0.4) is 0 Å². The molecule has 2 atom stereocenters. The molecule has 1 aliphatic rings. The van der Waals surface area contributed by atoms with E-state index >= 15 is 0 Å². The van der Waals surface area contributed by atoms with Crippen LogP contribution in [0.25, 0.3) is 0 Å². The van der Waals surface area contributed by atoms with Gasteiger partial charge >= 0.3 is 5.97 Å². The van der Waals surface area contributed by atoms with E-state index in [1.165, 1.54) is 0 Å². The van der Waals surface area contributed by atoms with Crippen LogP contribution in [0.5, 0.6) is 0 Å². The molecule has 0 saturated carbocycles. The van der Waals surface area contributed by atoms with Crippen LogP contribution < -0.4 is 0 Å². The third-order valence-corrected chi connectivity index (χ3v) is 4.13. The zero-order chi connectivity index (χ0) is 14.6. The van der Waals surface area contributed by atoms with Crippen molar-refractivity contribution in [3.05, 3.63) is 35.9 Å². The Bertz CT molecular complexity index is 505. The highest BCUT2D eigenvalue weighted by molar-refractivity contribution is 5.70. The first-order chi connectivity index (χ1) is 9.64. The van der Waals surface area contributed by atoms with Gasteiger partial charge in [-0.3, -0.25) is 9.69 Å². The lowest BCUT2D eigenvalue weighted by Gasteiger charge is -2.35. The molecule has 0 bridgehead atoms. The van der Waals surface area contributed by atoms with Crippen LogP contribution >= 0.6 is 0 Å². The number of likely N-dealkylation sites (tertiary alicyclic amines) is 1. The Kier molecular flexibility index (Phi) is 4.46. The van der Waals surface area contributed by atoms with Gasteiger partial charge in [0.25, 0.3) is 0 Å². The predicted octanol–water partition coefficient (Wildman–Crippen LogP) is 2.56. The number of ether oxygens (including phenoxy) is 1. The van der Waals surface area contributed by atoms with Crippen LogP contribution in [0.2, 0.25) is 0 Å². The summed E-state index contributed by atoms with van der Waals surface area (Å²) in [6.45, 7) is 5.33. The fourth-order valence-electron chi connectivity index (χ4n) is 2.92. The quantitative estimate of drug-likeness (QED) is 0.622. The molecular weight excluding hydrogens is 250 g/mol. The minimum atomic E-state index is -0.578. The van der Waals surface area contributed by atoms with E-state index in [4.69, 9.17) is 11.2 Å². The number of carbonyl (C=O) groups excluding carboxylic acids is 1. The van der Waals surface area contributed by atoms with Crippen LogP contribution in [0.15, 0.2) is 30.3 Å². The first kappa shape index (κ1) is 14.6. The first-order valence-corrected chi connectivity index (χ1v) is 7.09. The average molecular weight is 271 g/mol. The highest BCUT2D eigenvalue weighted by atomic mass is 16.6. The van der Waals surface area contributed by atoms with E-state index in [0.29, 0.717) is 13.0 Å². The lowest BCUT2D eigenvalue weighted by molar-refractivity contribution is -0.163. The average Bonchev–Trinajstić information content (AvgIpc) is 2.79. The van der Waals surface area contributed by atoms with Gasteiger partial charge in [-0.05, 0) is 12.5 Å². The van der Waals surface area contributed by atoms with Crippen LogP contribution in [-0.4, -0.2) is 30.0 Å². The monoisotopic (exact) mass is 271 g/mol. The van der Waals surface area contributed by atoms with E-state index in [1.54, 1.807) is 0 Å². The second-order valence-corrected chi connectivity index (χ2v) is 5.18. The maximum Gasteiger partial charge on any atom is 0.306 e. The molecule has 0 amide bonds. The number of esters is 1. The molecule has 1 aromatic carbocycles. The highest BCUT2D eigenvalue weighted by Gasteiger charge is 2.48. The van der Waals surface area contributed by atoms with Crippen LogP contribution in [0.4, 0.5) is 0 Å². The lowest BCUT2D eigenvalue weighted by Crippen LogP contribution is -2.43. The second-order valence-electron chi connectivity index (χ2n) is 5.18. The summed E-state index contributed by atoms with van der Waals surface area (Å²) in [6, 6.07) is 10.1. The molecule has 0 N–H and O–H groups in total. The highest BCUT2D eigenvalue weighted by Crippen LogP contribution is 2.41. The van der Waals surface area contributed by atoms with E-state index in [-0.39, 0.29) is 12.0 Å². The second kappa shape index (κ2) is 6.11. The van der Waals surface area contributed by atoms with Crippen molar-refractivity contribution in [1.29, 1.82) is 0 Å². The van der Waals surface area contributed by atoms with Gasteiger partial charge in [0.15, 0.2) is 5.60 Å². The van der Waals surface area contributed by atoms with E-state index in [0.717, 1.165) is 18.5 Å². The van der Waals surface area contributed by atoms with Crippen LogP contribution in [0, 0.1) is 12.3 Å². The first-order valence-electron chi connectivity index (χ1n) is 7.09. The minimum Gasteiger partial charge on any atom is -0.452 e. The van der Waals surface area contributed by atoms with Crippen molar-refractivity contribution in [2.75, 3.05) is 13.1 Å². The third-order valence-electron chi connectivity index (χ3n) is 4.13. The summed E-state index contributed by atoms with van der Waals surface area (Å²) < 4.78 is 5.87. The molecule has 0 aliphatic carbocycles. The van der Waals surface area contributed by atoms with Crippen LogP contribution in [-0.2, 0) is 15.1 Å². The number of nitrogens with zero attached hydrogens (tertiary/aromatic N) is 1. The van der Waals surface area contributed by atoms with Gasteiger partial charge in [-0.25, -0.2) is 0 Å². The fraction of sp³-hybridized carbons (Fsp3) is 0.471. The van der Waals surface area contributed by atoms with Crippen molar-refractivity contribution in [3.8, 4) is 12.3 Å². The Morgan fingerprint density at radius 1 is 1.50 bits per heavy atom. The van der Waals surface area contributed by atoms with E-state index in [9.17, 15) is 4.79 Å². The number of carbonyl (C=O) groups is 1. The molecule has 1 aromatic rings. The normalized spacial score (nSPS) is 26.1. The summed E-state index contributed by atoms with van der Waals surface area (Å²) in [5, 5.41) is 0. The summed E-state index contributed by atoms with van der Waals surface area (Å²) in [5.41, 5.74) is 0.472. The molecular formula is C17H21NO2. The van der Waals surface area contributed by atoms with Gasteiger partial charge in [-0.2, -0.15) is 0 Å². The van der Waals surface area contributed by atoms with E-state index in [1.807, 2.05) is 37.3 Å². The molecule has 0 unspecified atom stereocenters. The standard InChI is InChI=1S/C17H21NO2/c1-4-12-18-13-11-17(14(18)3,20-16(19)5-2)15-9-7-6-8-10-15/h1,6-10,14H,5,11-13H2,2-3H3/t14-,17+/m1/s1. The number of rotatable bonds is 4. The molecule has 1 heterocycles. The smallest absolute Gasteiger partial charge is 0.306 e. The molecule has 0 spiro atoms. The molecule has 1 saturated heterocycles. The Balaban J connectivity index is 2.36. The van der Waals surface area contributed by atoms with Crippen molar-refractivity contribution >= 4 is 5.97 Å². The summed E-state index contributed by atoms with van der Waals surface area (Å²) >= 11 is 0. The molecule has 2 rings (SSSR count). The van der Waals surface area contributed by atoms with Gasteiger partial charge in [0.05, 0.1) is 12.6 Å². The molecule has 0 radical (unpaired) electrons. The van der Waals surface area contributed by atoms with Crippen LogP contribution in [0.1, 0.15) is 32.3 Å². The van der Waals surface area contributed by atoms with Gasteiger partial charge in [0.2, 0.25) is 0 Å². The summed E-state index contributed by atoms with van der Waals surface area (Å²) in [4.78, 5) is 14.1. The van der Waals surface area contributed by atoms with E-state index < -0.39 is 5.60 Å². The summed E-state index contributed by atoms with van der Waals surface area (Å²) in [5.74, 6) is 2.52. The maximum absolute atomic E-state index is 11.9. The van der Waals surface area contributed by atoms with Gasteiger partial charge in [0.1, 0.15) is 0 Å². The van der Waals surface area contributed by atoms with E-state index in [2.05, 4.69) is 17.7 Å².